The molecule has 1 atom stereocenters. The van der Waals surface area contributed by atoms with E-state index in [1.54, 1.807) is 11.1 Å². The summed E-state index contributed by atoms with van der Waals surface area (Å²) in [7, 11) is 3.87. The lowest BCUT2D eigenvalue weighted by molar-refractivity contribution is 0.0236. The highest BCUT2D eigenvalue weighted by atomic mass is 16.3. The maximum absolute atomic E-state index is 12.8. The number of β-amino-alcohol motifs (C(OH)–C–C–N with tert-alkyl or cyclic N) is 1. The Bertz CT molecular complexity index is 1000. The van der Waals surface area contributed by atoms with Gasteiger partial charge in [-0.3, -0.25) is 9.78 Å². The number of hydrogen-bond acceptors (Lipinski definition) is 4. The van der Waals surface area contributed by atoms with Crippen molar-refractivity contribution in [2.24, 2.45) is 0 Å². The number of fused-ring (bicyclic) bond motifs is 1. The van der Waals surface area contributed by atoms with Crippen LogP contribution in [0.4, 0.5) is 0 Å². The van der Waals surface area contributed by atoms with Gasteiger partial charge >= 0.3 is 0 Å². The van der Waals surface area contributed by atoms with Crippen molar-refractivity contribution in [3.05, 3.63) is 66.4 Å². The van der Waals surface area contributed by atoms with Crippen LogP contribution in [0.15, 0.2) is 60.8 Å². The van der Waals surface area contributed by atoms with Crippen molar-refractivity contribution in [1.29, 1.82) is 0 Å². The fourth-order valence-electron chi connectivity index (χ4n) is 3.99. The monoisotopic (exact) mass is 375 g/mol. The Balaban J connectivity index is 1.50. The average Bonchev–Trinajstić information content (AvgIpc) is 3.08. The number of carbonyl (C=O) groups is 1. The summed E-state index contributed by atoms with van der Waals surface area (Å²) in [6.07, 6.45) is 2.40. The zero-order valence-corrected chi connectivity index (χ0v) is 16.3. The highest BCUT2D eigenvalue weighted by molar-refractivity contribution is 5.95. The Labute approximate surface area is 165 Å². The van der Waals surface area contributed by atoms with E-state index in [1.165, 1.54) is 0 Å². The molecule has 3 aromatic rings. The highest BCUT2D eigenvalue weighted by Gasteiger charge is 2.38. The smallest absolute Gasteiger partial charge is 0.253 e. The van der Waals surface area contributed by atoms with Crippen LogP contribution in [0, 0.1) is 0 Å². The van der Waals surface area contributed by atoms with Crippen LogP contribution in [0.1, 0.15) is 16.8 Å². The molecule has 1 fully saturated rings. The fourth-order valence-corrected chi connectivity index (χ4v) is 3.99. The summed E-state index contributed by atoms with van der Waals surface area (Å²) in [6, 6.07) is 17.9. The first kappa shape index (κ1) is 18.6. The van der Waals surface area contributed by atoms with Crippen molar-refractivity contribution in [2.45, 2.75) is 12.0 Å². The third-order valence-corrected chi connectivity index (χ3v) is 5.30. The Hall–Kier alpha value is -2.76. The van der Waals surface area contributed by atoms with E-state index in [0.29, 0.717) is 31.6 Å². The van der Waals surface area contributed by atoms with Crippen LogP contribution >= 0.6 is 0 Å². The predicted octanol–water partition coefficient (Wildman–Crippen LogP) is 3.04. The molecular formula is C23H25N3O2. The number of rotatable bonds is 4. The van der Waals surface area contributed by atoms with E-state index in [1.807, 2.05) is 67.5 Å². The Morgan fingerprint density at radius 1 is 1.14 bits per heavy atom. The van der Waals surface area contributed by atoms with E-state index in [9.17, 15) is 9.90 Å². The first-order valence-electron chi connectivity index (χ1n) is 9.55. The minimum atomic E-state index is -0.821. The number of likely N-dealkylation sites (tertiary alicyclic amines) is 1. The summed E-state index contributed by atoms with van der Waals surface area (Å²) in [5.41, 5.74) is 2.96. The van der Waals surface area contributed by atoms with Crippen molar-refractivity contribution in [3.63, 3.8) is 0 Å². The molecule has 1 saturated heterocycles. The van der Waals surface area contributed by atoms with Crippen molar-refractivity contribution in [3.8, 4) is 11.1 Å². The fraction of sp³-hybridized carbons (Fsp3) is 0.304. The molecule has 1 aromatic heterocycles. The molecule has 1 amide bonds. The summed E-state index contributed by atoms with van der Waals surface area (Å²) in [5.74, 6) is -0.0241. The second kappa shape index (κ2) is 7.34. The van der Waals surface area contributed by atoms with Gasteiger partial charge in [-0.2, -0.15) is 0 Å². The standard InChI is InChI=1S/C23H25N3O2/c1-25(2)15-23(28)11-13-26(16-23)22(27)18-7-5-17(6-8-18)19-9-10-21-20(14-19)4-3-12-24-21/h3-10,12,14,28H,11,13,15-16H2,1-2H3. The molecule has 1 N–H and O–H groups in total. The molecule has 0 spiro atoms. The van der Waals surface area contributed by atoms with Gasteiger partial charge in [0.25, 0.3) is 5.91 Å². The van der Waals surface area contributed by atoms with Gasteiger partial charge in [0.1, 0.15) is 0 Å². The van der Waals surface area contributed by atoms with E-state index < -0.39 is 5.60 Å². The van der Waals surface area contributed by atoms with Gasteiger partial charge in [-0.05, 0) is 62.0 Å². The van der Waals surface area contributed by atoms with E-state index in [0.717, 1.165) is 22.0 Å². The SMILES string of the molecule is CN(C)CC1(O)CCN(C(=O)c2ccc(-c3ccc4ncccc4c3)cc2)C1. The number of amides is 1. The Morgan fingerprint density at radius 2 is 1.89 bits per heavy atom. The molecule has 4 rings (SSSR count). The summed E-state index contributed by atoms with van der Waals surface area (Å²) in [5, 5.41) is 11.8. The minimum Gasteiger partial charge on any atom is -0.387 e. The number of aromatic nitrogens is 1. The van der Waals surface area contributed by atoms with Crippen LogP contribution < -0.4 is 0 Å². The molecule has 144 valence electrons. The Morgan fingerprint density at radius 3 is 2.64 bits per heavy atom. The summed E-state index contributed by atoms with van der Waals surface area (Å²) < 4.78 is 0. The topological polar surface area (TPSA) is 56.7 Å². The summed E-state index contributed by atoms with van der Waals surface area (Å²) >= 11 is 0. The van der Waals surface area contributed by atoms with E-state index >= 15 is 0 Å². The largest absolute Gasteiger partial charge is 0.387 e. The van der Waals surface area contributed by atoms with Crippen LogP contribution in [0.25, 0.3) is 22.0 Å². The molecule has 0 saturated carbocycles. The van der Waals surface area contributed by atoms with Crippen LogP contribution in [0.5, 0.6) is 0 Å². The number of pyridine rings is 1. The second-order valence-corrected chi connectivity index (χ2v) is 7.93. The summed E-state index contributed by atoms with van der Waals surface area (Å²) in [4.78, 5) is 20.9. The lowest BCUT2D eigenvalue weighted by Crippen LogP contribution is -2.43. The zero-order chi connectivity index (χ0) is 19.7. The van der Waals surface area contributed by atoms with Crippen LogP contribution in [-0.2, 0) is 0 Å². The van der Waals surface area contributed by atoms with Gasteiger partial charge in [-0.15, -0.1) is 0 Å². The van der Waals surface area contributed by atoms with Gasteiger partial charge in [0.15, 0.2) is 0 Å². The first-order chi connectivity index (χ1) is 13.4. The zero-order valence-electron chi connectivity index (χ0n) is 16.3. The average molecular weight is 375 g/mol. The predicted molar refractivity (Wildman–Crippen MR) is 111 cm³/mol. The second-order valence-electron chi connectivity index (χ2n) is 7.93. The normalized spacial score (nSPS) is 19.5. The maximum atomic E-state index is 12.8. The van der Waals surface area contributed by atoms with E-state index in [4.69, 9.17) is 0 Å². The van der Waals surface area contributed by atoms with Gasteiger partial charge in [0, 0.05) is 30.2 Å². The van der Waals surface area contributed by atoms with Crippen molar-refractivity contribution in [1.82, 2.24) is 14.8 Å². The van der Waals surface area contributed by atoms with Crippen LogP contribution in [0.3, 0.4) is 0 Å². The number of hydrogen-bond donors (Lipinski definition) is 1. The quantitative estimate of drug-likeness (QED) is 0.762. The lowest BCUT2D eigenvalue weighted by atomic mass is 10.0. The molecule has 0 radical (unpaired) electrons. The molecule has 0 aliphatic carbocycles. The van der Waals surface area contributed by atoms with Crippen molar-refractivity contribution >= 4 is 16.8 Å². The molecular weight excluding hydrogens is 350 g/mol. The van der Waals surface area contributed by atoms with E-state index in [2.05, 4.69) is 11.1 Å². The number of benzene rings is 2. The highest BCUT2D eigenvalue weighted by Crippen LogP contribution is 2.26. The number of carbonyl (C=O) groups excluding carboxylic acids is 1. The number of likely N-dealkylation sites (N-methyl/N-ethyl adjacent to an activating group) is 1. The van der Waals surface area contributed by atoms with Crippen LogP contribution in [-0.4, -0.2) is 65.1 Å². The molecule has 2 heterocycles. The van der Waals surface area contributed by atoms with Crippen LogP contribution in [0.2, 0.25) is 0 Å². The lowest BCUT2D eigenvalue weighted by Gasteiger charge is -2.26. The number of aliphatic hydroxyl groups is 1. The molecule has 1 unspecified atom stereocenters. The minimum absolute atomic E-state index is 0.0241. The van der Waals surface area contributed by atoms with Gasteiger partial charge in [-0.25, -0.2) is 0 Å². The van der Waals surface area contributed by atoms with Crippen molar-refractivity contribution < 1.29 is 9.90 Å². The van der Waals surface area contributed by atoms with E-state index in [-0.39, 0.29) is 5.91 Å². The molecule has 0 bridgehead atoms. The molecule has 2 aromatic carbocycles. The molecule has 1 aliphatic heterocycles. The first-order valence-corrected chi connectivity index (χ1v) is 9.55. The Kier molecular flexibility index (Phi) is 4.87. The molecule has 1 aliphatic rings. The molecule has 5 nitrogen and oxygen atoms in total. The maximum Gasteiger partial charge on any atom is 0.253 e. The van der Waals surface area contributed by atoms with Gasteiger partial charge in [0.05, 0.1) is 17.7 Å². The number of nitrogens with zero attached hydrogens (tertiary/aromatic N) is 3. The third kappa shape index (κ3) is 3.77. The van der Waals surface area contributed by atoms with Gasteiger partial charge in [-0.1, -0.05) is 24.3 Å². The molecule has 28 heavy (non-hydrogen) atoms. The third-order valence-electron chi connectivity index (χ3n) is 5.30. The van der Waals surface area contributed by atoms with Crippen molar-refractivity contribution in [2.75, 3.05) is 33.7 Å². The summed E-state index contributed by atoms with van der Waals surface area (Å²) in [6.45, 7) is 1.53. The molecule has 5 heteroatoms. The van der Waals surface area contributed by atoms with Gasteiger partial charge in [0.2, 0.25) is 0 Å². The van der Waals surface area contributed by atoms with Gasteiger partial charge < -0.3 is 14.9 Å².